The van der Waals surface area contributed by atoms with Crippen LogP contribution in [-0.4, -0.2) is 42.0 Å². The van der Waals surface area contributed by atoms with Gasteiger partial charge >= 0.3 is 5.97 Å². The lowest BCUT2D eigenvalue weighted by Crippen LogP contribution is -2.36. The van der Waals surface area contributed by atoms with E-state index in [0.29, 0.717) is 17.3 Å². The molecule has 132 valence electrons. The smallest absolute Gasteiger partial charge is 0.307 e. The van der Waals surface area contributed by atoms with Gasteiger partial charge in [0.15, 0.2) is 6.61 Å². The summed E-state index contributed by atoms with van der Waals surface area (Å²) in [6.45, 7) is 0.382. The molecule has 0 spiro atoms. The van der Waals surface area contributed by atoms with Crippen molar-refractivity contribution in [3.05, 3.63) is 59.4 Å². The standard InChI is InChI=1S/C18H19ClN2O4/c1-24-18(23)8-10-21(12-14-5-4-9-20-11-14)17(22)13-25-16-7-3-2-6-15(16)19/h2-7,9,11H,8,10,12-13H2,1H3. The van der Waals surface area contributed by atoms with Crippen LogP contribution < -0.4 is 4.74 Å². The van der Waals surface area contributed by atoms with Crippen molar-refractivity contribution in [2.45, 2.75) is 13.0 Å². The van der Waals surface area contributed by atoms with Crippen LogP contribution in [0.1, 0.15) is 12.0 Å². The maximum Gasteiger partial charge on any atom is 0.307 e. The van der Waals surface area contributed by atoms with Crippen LogP contribution in [-0.2, 0) is 20.9 Å². The third-order valence-corrected chi connectivity index (χ3v) is 3.76. The maximum atomic E-state index is 12.5. The number of para-hydroxylation sites is 1. The molecule has 0 atom stereocenters. The van der Waals surface area contributed by atoms with Crippen LogP contribution in [0, 0.1) is 0 Å². The topological polar surface area (TPSA) is 68.7 Å². The van der Waals surface area contributed by atoms with Gasteiger partial charge < -0.3 is 14.4 Å². The van der Waals surface area contributed by atoms with Gasteiger partial charge in [0.05, 0.1) is 18.6 Å². The number of carbonyl (C=O) groups excluding carboxylic acids is 2. The Morgan fingerprint density at radius 1 is 1.20 bits per heavy atom. The summed E-state index contributed by atoms with van der Waals surface area (Å²) in [7, 11) is 1.32. The van der Waals surface area contributed by atoms with E-state index in [1.807, 2.05) is 6.07 Å². The second-order valence-electron chi connectivity index (χ2n) is 5.22. The van der Waals surface area contributed by atoms with Gasteiger partial charge in [0.1, 0.15) is 5.75 Å². The summed E-state index contributed by atoms with van der Waals surface area (Å²) >= 11 is 6.02. The van der Waals surface area contributed by atoms with E-state index in [1.165, 1.54) is 12.0 Å². The number of benzene rings is 1. The fourth-order valence-electron chi connectivity index (χ4n) is 2.12. The average molecular weight is 363 g/mol. The third kappa shape index (κ3) is 6.08. The second-order valence-corrected chi connectivity index (χ2v) is 5.63. The summed E-state index contributed by atoms with van der Waals surface area (Å²) in [5.41, 5.74) is 0.860. The van der Waals surface area contributed by atoms with Crippen molar-refractivity contribution in [1.82, 2.24) is 9.88 Å². The summed E-state index contributed by atoms with van der Waals surface area (Å²) in [5.74, 6) is -0.199. The number of nitrogens with zero attached hydrogens (tertiary/aromatic N) is 2. The van der Waals surface area contributed by atoms with Gasteiger partial charge in [0.2, 0.25) is 0 Å². The Labute approximate surface area is 151 Å². The van der Waals surface area contributed by atoms with E-state index in [2.05, 4.69) is 9.72 Å². The molecule has 1 amide bonds. The lowest BCUT2D eigenvalue weighted by molar-refractivity contribution is -0.142. The lowest BCUT2D eigenvalue weighted by Gasteiger charge is -2.22. The Bertz CT molecular complexity index is 709. The van der Waals surface area contributed by atoms with E-state index < -0.39 is 0 Å². The fourth-order valence-corrected chi connectivity index (χ4v) is 2.32. The summed E-state index contributed by atoms with van der Waals surface area (Å²) in [6.07, 6.45) is 3.44. The minimum absolute atomic E-state index is 0.106. The molecule has 2 aromatic rings. The highest BCUT2D eigenvalue weighted by Crippen LogP contribution is 2.23. The average Bonchev–Trinajstić information content (AvgIpc) is 2.64. The van der Waals surface area contributed by atoms with Crippen LogP contribution in [0.3, 0.4) is 0 Å². The zero-order valence-electron chi connectivity index (χ0n) is 13.9. The van der Waals surface area contributed by atoms with Gasteiger partial charge in [-0.1, -0.05) is 29.8 Å². The zero-order valence-corrected chi connectivity index (χ0v) is 14.6. The van der Waals surface area contributed by atoms with Crippen LogP contribution in [0.25, 0.3) is 0 Å². The number of aromatic nitrogens is 1. The molecule has 1 aromatic carbocycles. The second kappa shape index (κ2) is 9.64. The first-order chi connectivity index (χ1) is 12.1. The molecule has 0 radical (unpaired) electrons. The molecule has 0 saturated heterocycles. The molecule has 1 aromatic heterocycles. The highest BCUT2D eigenvalue weighted by molar-refractivity contribution is 6.32. The Morgan fingerprint density at radius 3 is 2.68 bits per heavy atom. The molecule has 7 heteroatoms. The molecule has 0 N–H and O–H groups in total. The number of esters is 1. The number of hydrogen-bond acceptors (Lipinski definition) is 5. The number of methoxy groups -OCH3 is 1. The van der Waals surface area contributed by atoms with Crippen LogP contribution in [0.4, 0.5) is 0 Å². The first-order valence-corrected chi connectivity index (χ1v) is 8.08. The Balaban J connectivity index is 2.00. The van der Waals surface area contributed by atoms with Crippen molar-refractivity contribution in [3.8, 4) is 5.75 Å². The SMILES string of the molecule is COC(=O)CCN(Cc1cccnc1)C(=O)COc1ccccc1Cl. The van der Waals surface area contributed by atoms with Crippen molar-refractivity contribution in [1.29, 1.82) is 0 Å². The number of amides is 1. The molecule has 0 aliphatic carbocycles. The van der Waals surface area contributed by atoms with Gasteiger partial charge in [-0.2, -0.15) is 0 Å². The monoisotopic (exact) mass is 362 g/mol. The largest absolute Gasteiger partial charge is 0.482 e. The van der Waals surface area contributed by atoms with Crippen LogP contribution in [0.15, 0.2) is 48.8 Å². The number of ether oxygens (including phenoxy) is 2. The molecule has 0 bridgehead atoms. The molecule has 2 rings (SSSR count). The predicted molar refractivity (Wildman–Crippen MR) is 93.2 cm³/mol. The van der Waals surface area contributed by atoms with E-state index in [4.69, 9.17) is 16.3 Å². The van der Waals surface area contributed by atoms with Crippen molar-refractivity contribution in [3.63, 3.8) is 0 Å². The van der Waals surface area contributed by atoms with E-state index in [9.17, 15) is 9.59 Å². The predicted octanol–water partition coefficient (Wildman–Crippen LogP) is 2.71. The molecule has 0 aliphatic heterocycles. The van der Waals surface area contributed by atoms with Gasteiger partial charge in [-0.3, -0.25) is 14.6 Å². The summed E-state index contributed by atoms with van der Waals surface area (Å²) in [5, 5.41) is 0.434. The molecule has 6 nitrogen and oxygen atoms in total. The minimum Gasteiger partial charge on any atom is -0.482 e. The molecular formula is C18H19ClN2O4. The molecule has 25 heavy (non-hydrogen) atoms. The van der Waals surface area contributed by atoms with Gasteiger partial charge in [-0.25, -0.2) is 0 Å². The number of carbonyl (C=O) groups is 2. The van der Waals surface area contributed by atoms with Crippen molar-refractivity contribution < 1.29 is 19.1 Å². The minimum atomic E-state index is -0.379. The Morgan fingerprint density at radius 2 is 2.00 bits per heavy atom. The van der Waals surface area contributed by atoms with E-state index >= 15 is 0 Å². The molecule has 1 heterocycles. The Kier molecular flexibility index (Phi) is 7.22. The van der Waals surface area contributed by atoms with Gasteiger partial charge in [-0.05, 0) is 23.8 Å². The first-order valence-electron chi connectivity index (χ1n) is 7.71. The van der Waals surface area contributed by atoms with E-state index in [0.717, 1.165) is 5.56 Å². The number of hydrogen-bond donors (Lipinski definition) is 0. The van der Waals surface area contributed by atoms with Gasteiger partial charge in [0.25, 0.3) is 5.91 Å². The molecule has 0 fully saturated rings. The zero-order chi connectivity index (χ0) is 18.1. The lowest BCUT2D eigenvalue weighted by atomic mass is 10.2. The van der Waals surface area contributed by atoms with Gasteiger partial charge in [0, 0.05) is 25.5 Å². The van der Waals surface area contributed by atoms with Gasteiger partial charge in [-0.15, -0.1) is 0 Å². The molecular weight excluding hydrogens is 344 g/mol. The van der Waals surface area contributed by atoms with Crippen LogP contribution >= 0.6 is 11.6 Å². The van der Waals surface area contributed by atoms with Crippen molar-refractivity contribution in [2.75, 3.05) is 20.3 Å². The van der Waals surface area contributed by atoms with Crippen LogP contribution in [0.2, 0.25) is 5.02 Å². The fraction of sp³-hybridized carbons (Fsp3) is 0.278. The van der Waals surface area contributed by atoms with Crippen molar-refractivity contribution >= 4 is 23.5 Å². The number of rotatable bonds is 8. The summed E-state index contributed by atoms with van der Waals surface area (Å²) in [6, 6.07) is 10.6. The normalized spacial score (nSPS) is 10.2. The van der Waals surface area contributed by atoms with E-state index in [-0.39, 0.29) is 31.4 Å². The summed E-state index contributed by atoms with van der Waals surface area (Å²) < 4.78 is 10.1. The highest BCUT2D eigenvalue weighted by Gasteiger charge is 2.17. The Hall–Kier alpha value is -2.60. The third-order valence-electron chi connectivity index (χ3n) is 3.45. The molecule has 0 aliphatic rings. The summed E-state index contributed by atoms with van der Waals surface area (Å²) in [4.78, 5) is 29.5. The molecule has 0 unspecified atom stereocenters. The first kappa shape index (κ1) is 18.7. The quantitative estimate of drug-likeness (QED) is 0.675. The van der Waals surface area contributed by atoms with Crippen molar-refractivity contribution in [2.24, 2.45) is 0 Å². The maximum absolute atomic E-state index is 12.5. The number of halogens is 1. The van der Waals surface area contributed by atoms with Crippen LogP contribution in [0.5, 0.6) is 5.75 Å². The molecule has 0 saturated carbocycles. The number of pyridine rings is 1. The highest BCUT2D eigenvalue weighted by atomic mass is 35.5. The van der Waals surface area contributed by atoms with E-state index in [1.54, 1.807) is 42.7 Å².